The SMILES string of the molecule is Cc1nc(C#CC(C)(O)C2CC2)cc2c(-c3nc(N)ncc3F)c[nH]c12. The Morgan fingerprint density at radius 2 is 2.15 bits per heavy atom. The first-order valence-corrected chi connectivity index (χ1v) is 8.38. The summed E-state index contributed by atoms with van der Waals surface area (Å²) in [5, 5.41) is 11.1. The fourth-order valence-corrected chi connectivity index (χ4v) is 3.06. The van der Waals surface area contributed by atoms with Crippen molar-refractivity contribution in [3.8, 4) is 23.1 Å². The van der Waals surface area contributed by atoms with Gasteiger partial charge in [0, 0.05) is 17.1 Å². The van der Waals surface area contributed by atoms with E-state index in [0.29, 0.717) is 11.3 Å². The fraction of sp³-hybridized carbons (Fsp3) is 0.316. The molecule has 4 rings (SSSR count). The van der Waals surface area contributed by atoms with Crippen molar-refractivity contribution in [3.63, 3.8) is 0 Å². The van der Waals surface area contributed by atoms with E-state index in [-0.39, 0.29) is 17.6 Å². The molecule has 3 heterocycles. The lowest BCUT2D eigenvalue weighted by molar-refractivity contribution is 0.0980. The lowest BCUT2D eigenvalue weighted by Gasteiger charge is -2.14. The van der Waals surface area contributed by atoms with E-state index in [1.54, 1.807) is 19.2 Å². The maximum Gasteiger partial charge on any atom is 0.220 e. The Bertz CT molecular complexity index is 1070. The first-order valence-electron chi connectivity index (χ1n) is 8.38. The molecule has 4 N–H and O–H groups in total. The molecule has 1 aliphatic rings. The summed E-state index contributed by atoms with van der Waals surface area (Å²) in [6.07, 6.45) is 4.70. The normalized spacial score (nSPS) is 16.2. The quantitative estimate of drug-likeness (QED) is 0.616. The summed E-state index contributed by atoms with van der Waals surface area (Å²) >= 11 is 0. The standard InChI is InChI=1S/C19H18FN5O/c1-10-16-13(7-12(24-10)5-6-19(2,26)11-3-4-11)14(8-22-16)17-15(20)9-23-18(21)25-17/h7-9,11,22,26H,3-4H2,1-2H3,(H2,21,23,25). The second kappa shape index (κ2) is 5.78. The number of aryl methyl sites for hydroxylation is 1. The van der Waals surface area contributed by atoms with E-state index in [2.05, 4.69) is 31.8 Å². The number of aliphatic hydroxyl groups is 1. The summed E-state index contributed by atoms with van der Waals surface area (Å²) in [5.41, 5.74) is 7.29. The van der Waals surface area contributed by atoms with Crippen molar-refractivity contribution in [3.05, 3.63) is 35.7 Å². The van der Waals surface area contributed by atoms with Gasteiger partial charge in [-0.05, 0) is 44.6 Å². The molecule has 7 heteroatoms. The van der Waals surface area contributed by atoms with E-state index >= 15 is 0 Å². The highest BCUT2D eigenvalue weighted by molar-refractivity contribution is 5.96. The number of hydrogen-bond acceptors (Lipinski definition) is 5. The van der Waals surface area contributed by atoms with Crippen LogP contribution in [0.1, 0.15) is 31.2 Å². The molecule has 3 aromatic heterocycles. The second-order valence-electron chi connectivity index (χ2n) is 6.81. The number of nitrogens with zero attached hydrogens (tertiary/aromatic N) is 3. The average molecular weight is 351 g/mol. The average Bonchev–Trinajstić information content (AvgIpc) is 3.37. The third kappa shape index (κ3) is 2.89. The van der Waals surface area contributed by atoms with Crippen molar-refractivity contribution in [2.24, 2.45) is 5.92 Å². The van der Waals surface area contributed by atoms with Gasteiger partial charge in [0.25, 0.3) is 0 Å². The van der Waals surface area contributed by atoms with Gasteiger partial charge >= 0.3 is 0 Å². The molecule has 6 nitrogen and oxygen atoms in total. The smallest absolute Gasteiger partial charge is 0.220 e. The van der Waals surface area contributed by atoms with Gasteiger partial charge in [0.2, 0.25) is 5.95 Å². The molecule has 0 radical (unpaired) electrons. The van der Waals surface area contributed by atoms with Crippen LogP contribution >= 0.6 is 0 Å². The van der Waals surface area contributed by atoms with Crippen molar-refractivity contribution in [2.45, 2.75) is 32.3 Å². The van der Waals surface area contributed by atoms with Crippen LogP contribution in [0.2, 0.25) is 0 Å². The molecule has 0 aliphatic heterocycles. The van der Waals surface area contributed by atoms with E-state index in [9.17, 15) is 9.50 Å². The summed E-state index contributed by atoms with van der Waals surface area (Å²) in [5.74, 6) is 5.54. The first kappa shape index (κ1) is 16.5. The Balaban J connectivity index is 1.84. The number of nitrogens with two attached hydrogens (primary N) is 1. The lowest BCUT2D eigenvalue weighted by atomic mass is 10.0. The van der Waals surface area contributed by atoms with Crippen LogP contribution in [0.4, 0.5) is 10.3 Å². The third-order valence-electron chi connectivity index (χ3n) is 4.69. The highest BCUT2D eigenvalue weighted by Crippen LogP contribution is 2.39. The van der Waals surface area contributed by atoms with E-state index in [1.807, 2.05) is 6.92 Å². The number of hydrogen-bond donors (Lipinski definition) is 3. The summed E-state index contributed by atoms with van der Waals surface area (Å²) in [6.45, 7) is 3.57. The zero-order valence-electron chi connectivity index (χ0n) is 14.5. The number of anilines is 1. The minimum Gasteiger partial charge on any atom is -0.378 e. The summed E-state index contributed by atoms with van der Waals surface area (Å²) < 4.78 is 14.2. The zero-order chi connectivity index (χ0) is 18.5. The molecule has 0 aromatic carbocycles. The van der Waals surface area contributed by atoms with Gasteiger partial charge in [-0.15, -0.1) is 0 Å². The molecule has 0 spiro atoms. The van der Waals surface area contributed by atoms with Gasteiger partial charge in [0.15, 0.2) is 5.82 Å². The molecule has 1 fully saturated rings. The molecular formula is C19H18FN5O. The Morgan fingerprint density at radius 1 is 1.38 bits per heavy atom. The van der Waals surface area contributed by atoms with E-state index in [1.165, 1.54) is 0 Å². The maximum absolute atomic E-state index is 14.2. The summed E-state index contributed by atoms with van der Waals surface area (Å²) in [4.78, 5) is 15.2. The monoisotopic (exact) mass is 351 g/mol. The van der Waals surface area contributed by atoms with Gasteiger partial charge < -0.3 is 15.8 Å². The van der Waals surface area contributed by atoms with Crippen LogP contribution in [0.25, 0.3) is 22.2 Å². The second-order valence-corrected chi connectivity index (χ2v) is 6.81. The first-order chi connectivity index (χ1) is 12.3. The number of halogens is 1. The Kier molecular flexibility index (Phi) is 3.67. The highest BCUT2D eigenvalue weighted by Gasteiger charge is 2.38. The predicted molar refractivity (Wildman–Crippen MR) is 96.5 cm³/mol. The number of fused-ring (bicyclic) bond motifs is 1. The molecule has 0 bridgehead atoms. The van der Waals surface area contributed by atoms with Crippen molar-refractivity contribution < 1.29 is 9.50 Å². The number of aromatic amines is 1. The van der Waals surface area contributed by atoms with E-state index in [0.717, 1.165) is 35.6 Å². The highest BCUT2D eigenvalue weighted by atomic mass is 19.1. The van der Waals surface area contributed by atoms with Gasteiger partial charge in [0.1, 0.15) is 17.0 Å². The third-order valence-corrected chi connectivity index (χ3v) is 4.69. The zero-order valence-corrected chi connectivity index (χ0v) is 14.5. The molecule has 1 atom stereocenters. The van der Waals surface area contributed by atoms with Gasteiger partial charge in [0.05, 0.1) is 17.4 Å². The molecule has 1 saturated carbocycles. The van der Waals surface area contributed by atoms with Gasteiger partial charge in [-0.1, -0.05) is 5.92 Å². The van der Waals surface area contributed by atoms with E-state index in [4.69, 9.17) is 5.73 Å². The predicted octanol–water partition coefficient (Wildman–Crippen LogP) is 2.56. The number of nitrogens with one attached hydrogen (secondary N) is 1. The Labute approximate surface area is 149 Å². The van der Waals surface area contributed by atoms with Crippen LogP contribution in [0, 0.1) is 30.5 Å². The van der Waals surface area contributed by atoms with Gasteiger partial charge in [-0.2, -0.15) is 0 Å². The van der Waals surface area contributed by atoms with Crippen LogP contribution in [0.5, 0.6) is 0 Å². The Morgan fingerprint density at radius 3 is 2.88 bits per heavy atom. The minimum absolute atomic E-state index is 0.00187. The number of pyridine rings is 1. The minimum atomic E-state index is -1.02. The molecule has 3 aromatic rings. The largest absolute Gasteiger partial charge is 0.378 e. The maximum atomic E-state index is 14.2. The Hall–Kier alpha value is -2.98. The lowest BCUT2D eigenvalue weighted by Crippen LogP contribution is -2.24. The molecule has 1 unspecified atom stereocenters. The van der Waals surface area contributed by atoms with Gasteiger partial charge in [-0.3, -0.25) is 0 Å². The molecule has 1 aliphatic carbocycles. The van der Waals surface area contributed by atoms with Crippen molar-refractivity contribution >= 4 is 16.9 Å². The number of H-pyrrole nitrogens is 1. The van der Waals surface area contributed by atoms with Crippen molar-refractivity contribution in [2.75, 3.05) is 5.73 Å². The summed E-state index contributed by atoms with van der Waals surface area (Å²) in [7, 11) is 0. The number of aromatic nitrogens is 4. The number of rotatable bonds is 2. The molecule has 0 saturated heterocycles. The van der Waals surface area contributed by atoms with Crippen LogP contribution in [0.15, 0.2) is 18.5 Å². The van der Waals surface area contributed by atoms with E-state index < -0.39 is 11.4 Å². The topological polar surface area (TPSA) is 101 Å². The van der Waals surface area contributed by atoms with Crippen LogP contribution in [-0.2, 0) is 0 Å². The fourth-order valence-electron chi connectivity index (χ4n) is 3.06. The van der Waals surface area contributed by atoms with Crippen molar-refractivity contribution in [1.29, 1.82) is 0 Å². The molecule has 26 heavy (non-hydrogen) atoms. The van der Waals surface area contributed by atoms with Crippen LogP contribution in [0.3, 0.4) is 0 Å². The number of nitrogen functional groups attached to an aromatic ring is 1. The van der Waals surface area contributed by atoms with Gasteiger partial charge in [-0.25, -0.2) is 19.3 Å². The van der Waals surface area contributed by atoms with Crippen LogP contribution < -0.4 is 5.73 Å². The molecule has 132 valence electrons. The molecular weight excluding hydrogens is 333 g/mol. The molecule has 0 amide bonds. The summed E-state index contributed by atoms with van der Waals surface area (Å²) in [6, 6.07) is 1.77. The van der Waals surface area contributed by atoms with Crippen LogP contribution in [-0.4, -0.2) is 30.6 Å². The van der Waals surface area contributed by atoms with Crippen molar-refractivity contribution in [1.82, 2.24) is 19.9 Å².